The van der Waals surface area contributed by atoms with Crippen LogP contribution in [0.15, 0.2) is 22.7 Å². The Morgan fingerprint density at radius 1 is 1.42 bits per heavy atom. The number of aliphatic hydroxyl groups is 1. The van der Waals surface area contributed by atoms with Crippen LogP contribution in [0.2, 0.25) is 0 Å². The Kier molecular flexibility index (Phi) is 4.54. The monoisotopic (exact) mass is 331 g/mol. The van der Waals surface area contributed by atoms with E-state index in [4.69, 9.17) is 4.74 Å². The van der Waals surface area contributed by atoms with Crippen molar-refractivity contribution in [3.05, 3.63) is 34.1 Å². The van der Waals surface area contributed by atoms with E-state index in [9.17, 15) is 14.3 Å². The van der Waals surface area contributed by atoms with Gasteiger partial charge >= 0.3 is 0 Å². The summed E-state index contributed by atoms with van der Waals surface area (Å²) in [6.07, 6.45) is 0.972. The average Bonchev–Trinajstić information content (AvgIpc) is 2.36. The number of hydrogen-bond donors (Lipinski definition) is 2. The number of rotatable bonds is 3. The predicted molar refractivity (Wildman–Crippen MR) is 71.4 cm³/mol. The van der Waals surface area contributed by atoms with Crippen molar-refractivity contribution in [2.75, 3.05) is 19.8 Å². The maximum Gasteiger partial charge on any atom is 0.251 e. The first-order valence-electron chi connectivity index (χ1n) is 6.03. The molecule has 1 aliphatic heterocycles. The highest BCUT2D eigenvalue weighted by Crippen LogP contribution is 2.20. The highest BCUT2D eigenvalue weighted by atomic mass is 79.9. The van der Waals surface area contributed by atoms with Gasteiger partial charge in [0.1, 0.15) is 5.82 Å². The lowest BCUT2D eigenvalue weighted by molar-refractivity contribution is -0.0605. The van der Waals surface area contributed by atoms with Crippen LogP contribution in [-0.2, 0) is 4.74 Å². The SMILES string of the molecule is O=C(NCC1(O)CCOCC1)c1cc(F)cc(Br)c1. The first kappa shape index (κ1) is 14.4. The molecule has 0 unspecified atom stereocenters. The summed E-state index contributed by atoms with van der Waals surface area (Å²) in [5.41, 5.74) is -0.708. The van der Waals surface area contributed by atoms with Crippen molar-refractivity contribution in [2.24, 2.45) is 0 Å². The number of nitrogens with one attached hydrogen (secondary N) is 1. The zero-order valence-corrected chi connectivity index (χ0v) is 11.9. The van der Waals surface area contributed by atoms with Gasteiger partial charge < -0.3 is 15.2 Å². The molecule has 0 saturated carbocycles. The van der Waals surface area contributed by atoms with Gasteiger partial charge in [0.2, 0.25) is 0 Å². The van der Waals surface area contributed by atoms with Crippen LogP contribution >= 0.6 is 15.9 Å². The minimum absolute atomic E-state index is 0.142. The molecular weight excluding hydrogens is 317 g/mol. The Balaban J connectivity index is 1.97. The van der Waals surface area contributed by atoms with Crippen LogP contribution in [0.4, 0.5) is 4.39 Å². The molecule has 1 fully saturated rings. The van der Waals surface area contributed by atoms with Crippen LogP contribution in [0.5, 0.6) is 0 Å². The second-order valence-electron chi connectivity index (χ2n) is 4.68. The van der Waals surface area contributed by atoms with E-state index in [1.165, 1.54) is 12.1 Å². The minimum Gasteiger partial charge on any atom is -0.388 e. The van der Waals surface area contributed by atoms with Crippen LogP contribution in [0.25, 0.3) is 0 Å². The molecule has 0 bridgehead atoms. The summed E-state index contributed by atoms with van der Waals surface area (Å²) in [6.45, 7) is 1.11. The molecule has 1 amide bonds. The van der Waals surface area contributed by atoms with Gasteiger partial charge in [0.05, 0.1) is 5.60 Å². The molecule has 1 aliphatic rings. The van der Waals surface area contributed by atoms with Gasteiger partial charge in [-0.25, -0.2) is 4.39 Å². The lowest BCUT2D eigenvalue weighted by atomic mass is 9.94. The molecule has 0 aliphatic carbocycles. The molecule has 2 rings (SSSR count). The van der Waals surface area contributed by atoms with Gasteiger partial charge in [-0.15, -0.1) is 0 Å². The Labute approximate surface area is 119 Å². The standard InChI is InChI=1S/C13H15BrFNO3/c14-10-5-9(6-11(15)7-10)12(17)16-8-13(18)1-3-19-4-2-13/h5-7,18H,1-4,8H2,(H,16,17). The molecule has 1 aromatic carbocycles. The van der Waals surface area contributed by atoms with Crippen molar-refractivity contribution in [2.45, 2.75) is 18.4 Å². The molecule has 4 nitrogen and oxygen atoms in total. The largest absolute Gasteiger partial charge is 0.388 e. The van der Waals surface area contributed by atoms with Gasteiger partial charge in [-0.1, -0.05) is 15.9 Å². The van der Waals surface area contributed by atoms with E-state index in [0.29, 0.717) is 30.5 Å². The molecule has 6 heteroatoms. The Morgan fingerprint density at radius 2 is 2.11 bits per heavy atom. The van der Waals surface area contributed by atoms with Gasteiger partial charge in [-0.3, -0.25) is 4.79 Å². The third kappa shape index (κ3) is 3.99. The molecule has 0 spiro atoms. The summed E-state index contributed by atoms with van der Waals surface area (Å²) in [5, 5.41) is 12.8. The summed E-state index contributed by atoms with van der Waals surface area (Å²) in [7, 11) is 0. The van der Waals surface area contributed by atoms with Gasteiger partial charge in [-0.2, -0.15) is 0 Å². The fourth-order valence-electron chi connectivity index (χ4n) is 1.96. The van der Waals surface area contributed by atoms with Crippen molar-refractivity contribution in [1.29, 1.82) is 0 Å². The van der Waals surface area contributed by atoms with E-state index in [-0.39, 0.29) is 12.1 Å². The number of halogens is 2. The Bertz CT molecular complexity index is 455. The number of benzene rings is 1. The van der Waals surface area contributed by atoms with Crippen LogP contribution in [0.1, 0.15) is 23.2 Å². The number of carbonyl (C=O) groups is 1. The van der Waals surface area contributed by atoms with Crippen LogP contribution in [0, 0.1) is 5.82 Å². The van der Waals surface area contributed by atoms with Crippen LogP contribution in [-0.4, -0.2) is 36.4 Å². The van der Waals surface area contributed by atoms with E-state index in [1.54, 1.807) is 0 Å². The molecule has 1 saturated heterocycles. The fraction of sp³-hybridized carbons (Fsp3) is 0.462. The topological polar surface area (TPSA) is 58.6 Å². The number of ether oxygens (including phenoxy) is 1. The Hall–Kier alpha value is -0.980. The number of carbonyl (C=O) groups excluding carboxylic acids is 1. The van der Waals surface area contributed by atoms with Crippen molar-refractivity contribution in [3.8, 4) is 0 Å². The van der Waals surface area contributed by atoms with Gasteiger partial charge in [-0.05, 0) is 18.2 Å². The molecule has 0 atom stereocenters. The van der Waals surface area contributed by atoms with Crippen LogP contribution in [0.3, 0.4) is 0 Å². The molecular formula is C13H15BrFNO3. The van der Waals surface area contributed by atoms with Gasteiger partial charge in [0, 0.05) is 42.6 Å². The summed E-state index contributed by atoms with van der Waals surface area (Å²) in [6, 6.07) is 3.98. The molecule has 1 heterocycles. The second-order valence-corrected chi connectivity index (χ2v) is 5.59. The fourth-order valence-corrected chi connectivity index (χ4v) is 2.43. The maximum atomic E-state index is 13.2. The van der Waals surface area contributed by atoms with E-state index in [2.05, 4.69) is 21.2 Å². The lowest BCUT2D eigenvalue weighted by Gasteiger charge is -2.32. The van der Waals surface area contributed by atoms with Crippen molar-refractivity contribution in [1.82, 2.24) is 5.32 Å². The van der Waals surface area contributed by atoms with Gasteiger partial charge in [0.15, 0.2) is 0 Å². The predicted octanol–water partition coefficient (Wildman–Crippen LogP) is 1.86. The highest BCUT2D eigenvalue weighted by molar-refractivity contribution is 9.10. The smallest absolute Gasteiger partial charge is 0.251 e. The summed E-state index contributed by atoms with van der Waals surface area (Å²) >= 11 is 3.13. The first-order valence-corrected chi connectivity index (χ1v) is 6.82. The highest BCUT2D eigenvalue weighted by Gasteiger charge is 2.30. The van der Waals surface area contributed by atoms with Crippen molar-refractivity contribution >= 4 is 21.8 Å². The molecule has 2 N–H and O–H groups in total. The van der Waals surface area contributed by atoms with E-state index in [1.807, 2.05) is 0 Å². The van der Waals surface area contributed by atoms with E-state index >= 15 is 0 Å². The summed E-state index contributed by atoms with van der Waals surface area (Å²) in [4.78, 5) is 11.9. The third-order valence-corrected chi connectivity index (χ3v) is 3.58. The molecule has 0 radical (unpaired) electrons. The molecule has 0 aromatic heterocycles. The second kappa shape index (κ2) is 5.98. The van der Waals surface area contributed by atoms with E-state index in [0.717, 1.165) is 6.07 Å². The zero-order chi connectivity index (χ0) is 13.9. The maximum absolute atomic E-state index is 13.2. The summed E-state index contributed by atoms with van der Waals surface area (Å²) < 4.78 is 18.8. The first-order chi connectivity index (χ1) is 8.98. The molecule has 1 aromatic rings. The Morgan fingerprint density at radius 3 is 2.74 bits per heavy atom. The lowest BCUT2D eigenvalue weighted by Crippen LogP contribution is -2.46. The molecule has 104 valence electrons. The quantitative estimate of drug-likeness (QED) is 0.888. The van der Waals surface area contributed by atoms with Crippen LogP contribution < -0.4 is 5.32 Å². The average molecular weight is 332 g/mol. The number of hydrogen-bond acceptors (Lipinski definition) is 3. The normalized spacial score (nSPS) is 18.1. The van der Waals surface area contributed by atoms with E-state index < -0.39 is 17.3 Å². The molecule has 19 heavy (non-hydrogen) atoms. The third-order valence-electron chi connectivity index (χ3n) is 3.13. The zero-order valence-electron chi connectivity index (χ0n) is 10.3. The van der Waals surface area contributed by atoms with Crippen molar-refractivity contribution < 1.29 is 19.0 Å². The summed E-state index contributed by atoms with van der Waals surface area (Å²) in [5.74, 6) is -0.885. The van der Waals surface area contributed by atoms with Crippen molar-refractivity contribution in [3.63, 3.8) is 0 Å². The minimum atomic E-state index is -0.932. The van der Waals surface area contributed by atoms with Gasteiger partial charge in [0.25, 0.3) is 5.91 Å². The number of amides is 1.